The molecular formula is C15H14O. The third kappa shape index (κ3) is 2.19. The van der Waals surface area contributed by atoms with Crippen molar-refractivity contribution in [2.24, 2.45) is 0 Å². The fourth-order valence-corrected chi connectivity index (χ4v) is 1.69. The molecule has 16 heavy (non-hydrogen) atoms. The molecule has 0 atom stereocenters. The molecule has 0 saturated heterocycles. The van der Waals surface area contributed by atoms with Crippen LogP contribution < -0.4 is 0 Å². The van der Waals surface area contributed by atoms with E-state index in [9.17, 15) is 4.79 Å². The predicted molar refractivity (Wildman–Crippen MR) is 67.7 cm³/mol. The fraction of sp³-hybridized carbons (Fsp3) is 0.133. The summed E-state index contributed by atoms with van der Waals surface area (Å²) in [5.74, 6) is 0.0748. The molecular weight excluding hydrogens is 196 g/mol. The Morgan fingerprint density at radius 3 is 2.38 bits per heavy atom. The van der Waals surface area contributed by atoms with Crippen LogP contribution in [0, 0.1) is 0 Å². The molecule has 2 aromatic carbocycles. The van der Waals surface area contributed by atoms with Crippen LogP contribution in [0.25, 0.3) is 10.8 Å². The molecule has 80 valence electrons. The van der Waals surface area contributed by atoms with Gasteiger partial charge in [0.1, 0.15) is 0 Å². The van der Waals surface area contributed by atoms with Crippen molar-refractivity contribution in [2.75, 3.05) is 0 Å². The number of benzene rings is 2. The lowest BCUT2D eigenvalue weighted by Crippen LogP contribution is -1.94. The number of hydrogen-bond donors (Lipinski definition) is 0. The summed E-state index contributed by atoms with van der Waals surface area (Å²) in [6.45, 7) is 3.86. The smallest absolute Gasteiger partial charge is 0.185 e. The van der Waals surface area contributed by atoms with Gasteiger partial charge < -0.3 is 0 Å². The normalized spacial score (nSPS) is 10.1. The van der Waals surface area contributed by atoms with E-state index in [-0.39, 0.29) is 5.78 Å². The number of rotatable bonds is 2. The zero-order chi connectivity index (χ0) is 11.5. The Morgan fingerprint density at radius 2 is 1.69 bits per heavy atom. The van der Waals surface area contributed by atoms with E-state index >= 15 is 0 Å². The summed E-state index contributed by atoms with van der Waals surface area (Å²) < 4.78 is 0. The van der Waals surface area contributed by atoms with E-state index in [1.54, 1.807) is 6.08 Å². The number of ketones is 1. The van der Waals surface area contributed by atoms with Gasteiger partial charge in [-0.15, -0.1) is 0 Å². The van der Waals surface area contributed by atoms with Gasteiger partial charge in [-0.3, -0.25) is 4.79 Å². The highest BCUT2D eigenvalue weighted by molar-refractivity contribution is 6.07. The van der Waals surface area contributed by atoms with Crippen LogP contribution in [0.1, 0.15) is 24.2 Å². The molecule has 1 nitrogen and oxygen atoms in total. The van der Waals surface area contributed by atoms with Crippen molar-refractivity contribution in [3.8, 4) is 0 Å². The van der Waals surface area contributed by atoms with Gasteiger partial charge in [-0.05, 0) is 36.8 Å². The van der Waals surface area contributed by atoms with Crippen LogP contribution in [0.4, 0.5) is 0 Å². The minimum atomic E-state index is 0.0748. The molecule has 0 aromatic heterocycles. The average molecular weight is 210 g/mol. The first kappa shape index (κ1) is 10.6. The van der Waals surface area contributed by atoms with E-state index in [0.29, 0.717) is 0 Å². The molecule has 0 unspecified atom stereocenters. The second-order valence-corrected chi connectivity index (χ2v) is 4.15. The van der Waals surface area contributed by atoms with Gasteiger partial charge in [0.05, 0.1) is 0 Å². The summed E-state index contributed by atoms with van der Waals surface area (Å²) in [5.41, 5.74) is 1.78. The molecule has 0 aliphatic heterocycles. The molecule has 0 bridgehead atoms. The Balaban J connectivity index is 2.47. The molecule has 2 aromatic rings. The second kappa shape index (κ2) is 4.31. The molecule has 0 spiro atoms. The summed E-state index contributed by atoms with van der Waals surface area (Å²) in [4.78, 5) is 11.8. The lowest BCUT2D eigenvalue weighted by atomic mass is 10.0. The van der Waals surface area contributed by atoms with Crippen molar-refractivity contribution in [1.82, 2.24) is 0 Å². The molecule has 0 aliphatic carbocycles. The average Bonchev–Trinajstić information content (AvgIpc) is 2.27. The largest absolute Gasteiger partial charge is 0.289 e. The highest BCUT2D eigenvalue weighted by Gasteiger charge is 2.02. The number of carbonyl (C=O) groups excluding carboxylic acids is 1. The van der Waals surface area contributed by atoms with Crippen molar-refractivity contribution >= 4 is 16.6 Å². The first-order valence-corrected chi connectivity index (χ1v) is 5.35. The summed E-state index contributed by atoms with van der Waals surface area (Å²) in [5, 5.41) is 2.27. The topological polar surface area (TPSA) is 17.1 Å². The van der Waals surface area contributed by atoms with Gasteiger partial charge in [0.2, 0.25) is 0 Å². The minimum Gasteiger partial charge on any atom is -0.289 e. The highest BCUT2D eigenvalue weighted by atomic mass is 16.1. The van der Waals surface area contributed by atoms with Crippen molar-refractivity contribution < 1.29 is 4.79 Å². The van der Waals surface area contributed by atoms with Gasteiger partial charge in [0.25, 0.3) is 0 Å². The monoisotopic (exact) mass is 210 g/mol. The van der Waals surface area contributed by atoms with Gasteiger partial charge in [-0.25, -0.2) is 0 Å². The predicted octanol–water partition coefficient (Wildman–Crippen LogP) is 3.99. The van der Waals surface area contributed by atoms with E-state index in [0.717, 1.165) is 21.9 Å². The van der Waals surface area contributed by atoms with Gasteiger partial charge >= 0.3 is 0 Å². The maximum absolute atomic E-state index is 11.8. The molecule has 0 fully saturated rings. The number of fused-ring (bicyclic) bond motifs is 1. The molecule has 0 amide bonds. The lowest BCUT2D eigenvalue weighted by molar-refractivity contribution is 0.104. The van der Waals surface area contributed by atoms with Crippen LogP contribution in [-0.2, 0) is 0 Å². The summed E-state index contributed by atoms with van der Waals surface area (Å²) in [6.07, 6.45) is 1.67. The van der Waals surface area contributed by atoms with Crippen LogP contribution >= 0.6 is 0 Å². The molecule has 0 N–H and O–H groups in total. The fourth-order valence-electron chi connectivity index (χ4n) is 1.69. The van der Waals surface area contributed by atoms with Gasteiger partial charge in [-0.2, -0.15) is 0 Å². The molecule has 0 aliphatic rings. The van der Waals surface area contributed by atoms with Gasteiger partial charge in [0.15, 0.2) is 5.78 Å². The van der Waals surface area contributed by atoms with E-state index in [2.05, 4.69) is 0 Å². The number of allylic oxidation sites excluding steroid dienone is 2. The quantitative estimate of drug-likeness (QED) is 0.541. The Hall–Kier alpha value is -1.89. The first-order chi connectivity index (χ1) is 7.66. The number of carbonyl (C=O) groups is 1. The maximum Gasteiger partial charge on any atom is 0.185 e. The van der Waals surface area contributed by atoms with Crippen molar-refractivity contribution in [2.45, 2.75) is 13.8 Å². The Kier molecular flexibility index (Phi) is 2.86. The molecule has 1 heteroatoms. The van der Waals surface area contributed by atoms with Crippen LogP contribution in [0.3, 0.4) is 0 Å². The Labute approximate surface area is 95.4 Å². The highest BCUT2D eigenvalue weighted by Crippen LogP contribution is 2.16. The van der Waals surface area contributed by atoms with E-state index in [4.69, 9.17) is 0 Å². The van der Waals surface area contributed by atoms with Crippen LogP contribution in [0.15, 0.2) is 54.1 Å². The lowest BCUT2D eigenvalue weighted by Gasteiger charge is -2.00. The second-order valence-electron chi connectivity index (χ2n) is 4.15. The first-order valence-electron chi connectivity index (χ1n) is 5.35. The Bertz CT molecular complexity index is 560. The maximum atomic E-state index is 11.8. The SMILES string of the molecule is CC(C)=CC(=O)c1ccc2ccccc2c1. The molecule has 0 heterocycles. The van der Waals surface area contributed by atoms with Crippen molar-refractivity contribution in [1.29, 1.82) is 0 Å². The number of hydrogen-bond acceptors (Lipinski definition) is 1. The minimum absolute atomic E-state index is 0.0748. The summed E-state index contributed by atoms with van der Waals surface area (Å²) in [7, 11) is 0. The molecule has 0 radical (unpaired) electrons. The van der Waals surface area contributed by atoms with Crippen LogP contribution in [0.5, 0.6) is 0 Å². The van der Waals surface area contributed by atoms with E-state index < -0.39 is 0 Å². The third-order valence-corrected chi connectivity index (χ3v) is 2.45. The van der Waals surface area contributed by atoms with Crippen molar-refractivity contribution in [3.63, 3.8) is 0 Å². The molecule has 0 saturated carbocycles. The van der Waals surface area contributed by atoms with Gasteiger partial charge in [0, 0.05) is 5.56 Å². The summed E-state index contributed by atoms with van der Waals surface area (Å²) >= 11 is 0. The van der Waals surface area contributed by atoms with Crippen molar-refractivity contribution in [3.05, 3.63) is 59.7 Å². The third-order valence-electron chi connectivity index (χ3n) is 2.45. The van der Waals surface area contributed by atoms with E-state index in [1.165, 1.54) is 0 Å². The standard InChI is InChI=1S/C15H14O/c1-11(2)9-15(16)14-8-7-12-5-3-4-6-13(12)10-14/h3-10H,1-2H3. The zero-order valence-corrected chi connectivity index (χ0v) is 9.53. The van der Waals surface area contributed by atoms with Crippen LogP contribution in [0.2, 0.25) is 0 Å². The zero-order valence-electron chi connectivity index (χ0n) is 9.53. The van der Waals surface area contributed by atoms with Gasteiger partial charge in [-0.1, -0.05) is 42.0 Å². The molecule has 2 rings (SSSR count). The van der Waals surface area contributed by atoms with E-state index in [1.807, 2.05) is 56.3 Å². The Morgan fingerprint density at radius 1 is 1.00 bits per heavy atom. The summed E-state index contributed by atoms with van der Waals surface area (Å²) in [6, 6.07) is 13.9. The van der Waals surface area contributed by atoms with Crippen LogP contribution in [-0.4, -0.2) is 5.78 Å².